The van der Waals surface area contributed by atoms with Gasteiger partial charge in [-0.15, -0.1) is 0 Å². The standard InChI is InChI=1S/C12H25N3/c1-5-11(6-8-13)15(4)9-7-12(14)10(2)3/h10-12H,5-7,9,14H2,1-4H3. The van der Waals surface area contributed by atoms with E-state index >= 15 is 0 Å². The fraction of sp³-hybridized carbons (Fsp3) is 0.917. The Morgan fingerprint density at radius 3 is 2.40 bits per heavy atom. The van der Waals surface area contributed by atoms with Crippen LogP contribution in [0.4, 0.5) is 0 Å². The number of hydrogen-bond donors (Lipinski definition) is 1. The van der Waals surface area contributed by atoms with Gasteiger partial charge in [-0.05, 0) is 32.4 Å². The molecule has 2 N–H and O–H groups in total. The molecule has 0 aromatic heterocycles. The van der Waals surface area contributed by atoms with Gasteiger partial charge in [-0.25, -0.2) is 0 Å². The van der Waals surface area contributed by atoms with Crippen molar-refractivity contribution in [3.63, 3.8) is 0 Å². The van der Waals surface area contributed by atoms with Crippen LogP contribution in [0.5, 0.6) is 0 Å². The van der Waals surface area contributed by atoms with E-state index in [-0.39, 0.29) is 6.04 Å². The summed E-state index contributed by atoms with van der Waals surface area (Å²) in [5, 5.41) is 8.68. The van der Waals surface area contributed by atoms with Crippen LogP contribution in [-0.2, 0) is 0 Å². The topological polar surface area (TPSA) is 53.0 Å². The number of nitriles is 1. The van der Waals surface area contributed by atoms with Gasteiger partial charge in [0, 0.05) is 12.1 Å². The van der Waals surface area contributed by atoms with Crippen molar-refractivity contribution in [1.82, 2.24) is 4.90 Å². The van der Waals surface area contributed by atoms with Crippen molar-refractivity contribution in [1.29, 1.82) is 5.26 Å². The summed E-state index contributed by atoms with van der Waals surface area (Å²) in [4.78, 5) is 2.26. The van der Waals surface area contributed by atoms with E-state index in [9.17, 15) is 0 Å². The SMILES string of the molecule is CCC(CC#N)N(C)CCC(N)C(C)C. The summed E-state index contributed by atoms with van der Waals surface area (Å²) < 4.78 is 0. The zero-order valence-corrected chi connectivity index (χ0v) is 10.5. The van der Waals surface area contributed by atoms with E-state index < -0.39 is 0 Å². The third kappa shape index (κ3) is 5.76. The highest BCUT2D eigenvalue weighted by Crippen LogP contribution is 2.09. The molecule has 0 amide bonds. The molecule has 0 aliphatic carbocycles. The van der Waals surface area contributed by atoms with Gasteiger partial charge >= 0.3 is 0 Å². The minimum absolute atomic E-state index is 0.270. The zero-order chi connectivity index (χ0) is 11.8. The van der Waals surface area contributed by atoms with Gasteiger partial charge in [0.15, 0.2) is 0 Å². The summed E-state index contributed by atoms with van der Waals surface area (Å²) in [7, 11) is 2.08. The third-order valence-corrected chi connectivity index (χ3v) is 3.09. The highest BCUT2D eigenvalue weighted by Gasteiger charge is 2.14. The van der Waals surface area contributed by atoms with E-state index in [1.54, 1.807) is 0 Å². The molecule has 3 heteroatoms. The highest BCUT2D eigenvalue weighted by atomic mass is 15.1. The van der Waals surface area contributed by atoms with Crippen LogP contribution in [0, 0.1) is 17.2 Å². The number of rotatable bonds is 7. The van der Waals surface area contributed by atoms with E-state index in [0.29, 0.717) is 18.4 Å². The fourth-order valence-corrected chi connectivity index (χ4v) is 1.59. The maximum absolute atomic E-state index is 8.68. The van der Waals surface area contributed by atoms with Gasteiger partial charge in [0.1, 0.15) is 0 Å². The van der Waals surface area contributed by atoms with E-state index in [4.69, 9.17) is 11.0 Å². The molecule has 0 aliphatic rings. The molecule has 2 atom stereocenters. The predicted molar refractivity (Wildman–Crippen MR) is 64.4 cm³/mol. The van der Waals surface area contributed by atoms with Crippen molar-refractivity contribution in [3.05, 3.63) is 0 Å². The molecule has 0 saturated carbocycles. The highest BCUT2D eigenvalue weighted by molar-refractivity contribution is 4.81. The molecule has 0 aliphatic heterocycles. The van der Waals surface area contributed by atoms with E-state index in [0.717, 1.165) is 19.4 Å². The molecule has 0 heterocycles. The fourth-order valence-electron chi connectivity index (χ4n) is 1.59. The number of nitrogens with two attached hydrogens (primary N) is 1. The second kappa shape index (κ2) is 7.67. The first kappa shape index (κ1) is 14.4. The Hall–Kier alpha value is -0.590. The quantitative estimate of drug-likeness (QED) is 0.700. The van der Waals surface area contributed by atoms with Crippen LogP contribution >= 0.6 is 0 Å². The average molecular weight is 211 g/mol. The number of hydrogen-bond acceptors (Lipinski definition) is 3. The lowest BCUT2D eigenvalue weighted by Crippen LogP contribution is -2.36. The Morgan fingerprint density at radius 1 is 1.40 bits per heavy atom. The molecule has 0 radical (unpaired) electrons. The van der Waals surface area contributed by atoms with Crippen LogP contribution < -0.4 is 5.73 Å². The van der Waals surface area contributed by atoms with Gasteiger partial charge in [-0.3, -0.25) is 0 Å². The van der Waals surface area contributed by atoms with Crippen LogP contribution in [0.15, 0.2) is 0 Å². The molecule has 0 rings (SSSR count). The summed E-state index contributed by atoms with van der Waals surface area (Å²) in [6.07, 6.45) is 2.65. The normalized spacial score (nSPS) is 15.3. The number of nitrogens with zero attached hydrogens (tertiary/aromatic N) is 2. The van der Waals surface area contributed by atoms with Gasteiger partial charge in [-0.1, -0.05) is 20.8 Å². The minimum atomic E-state index is 0.270. The molecule has 15 heavy (non-hydrogen) atoms. The molecule has 2 unspecified atom stereocenters. The first-order valence-corrected chi connectivity index (χ1v) is 5.85. The van der Waals surface area contributed by atoms with Gasteiger partial charge in [-0.2, -0.15) is 5.26 Å². The molecule has 0 saturated heterocycles. The van der Waals surface area contributed by atoms with Crippen molar-refractivity contribution >= 4 is 0 Å². The summed E-state index contributed by atoms with van der Waals surface area (Å²) in [6.45, 7) is 7.41. The largest absolute Gasteiger partial charge is 0.327 e. The molecule has 0 spiro atoms. The zero-order valence-electron chi connectivity index (χ0n) is 10.5. The first-order valence-electron chi connectivity index (χ1n) is 5.85. The van der Waals surface area contributed by atoms with Crippen molar-refractivity contribution in [2.45, 2.75) is 52.1 Å². The molecule has 3 nitrogen and oxygen atoms in total. The van der Waals surface area contributed by atoms with Gasteiger partial charge < -0.3 is 10.6 Å². The summed E-state index contributed by atoms with van der Waals surface area (Å²) >= 11 is 0. The second-order valence-electron chi connectivity index (χ2n) is 4.60. The summed E-state index contributed by atoms with van der Waals surface area (Å²) in [5.74, 6) is 0.537. The Bertz CT molecular complexity index is 196. The van der Waals surface area contributed by atoms with Crippen LogP contribution in [0.3, 0.4) is 0 Å². The summed E-state index contributed by atoms with van der Waals surface area (Å²) in [6, 6.07) is 2.89. The van der Waals surface area contributed by atoms with E-state index in [1.165, 1.54) is 0 Å². The lowest BCUT2D eigenvalue weighted by atomic mass is 10.0. The van der Waals surface area contributed by atoms with Crippen LogP contribution in [-0.4, -0.2) is 30.6 Å². The maximum Gasteiger partial charge on any atom is 0.0638 e. The monoisotopic (exact) mass is 211 g/mol. The maximum atomic E-state index is 8.68. The van der Waals surface area contributed by atoms with Crippen LogP contribution in [0.1, 0.15) is 40.0 Å². The Kier molecular flexibility index (Phi) is 7.37. The molecular formula is C12H25N3. The van der Waals surface area contributed by atoms with E-state index in [1.807, 2.05) is 0 Å². The minimum Gasteiger partial charge on any atom is -0.327 e. The smallest absolute Gasteiger partial charge is 0.0638 e. The van der Waals surface area contributed by atoms with Gasteiger partial charge in [0.25, 0.3) is 0 Å². The average Bonchev–Trinajstić information content (AvgIpc) is 2.21. The van der Waals surface area contributed by atoms with E-state index in [2.05, 4.69) is 38.8 Å². The lowest BCUT2D eigenvalue weighted by Gasteiger charge is -2.27. The van der Waals surface area contributed by atoms with Crippen LogP contribution in [0.2, 0.25) is 0 Å². The molecule has 0 aromatic carbocycles. The summed E-state index contributed by atoms with van der Waals surface area (Å²) in [5.41, 5.74) is 5.99. The molecule has 0 fully saturated rings. The van der Waals surface area contributed by atoms with Gasteiger partial charge in [0.05, 0.1) is 12.5 Å². The Morgan fingerprint density at radius 2 is 2.00 bits per heavy atom. The molecular weight excluding hydrogens is 186 g/mol. The molecule has 0 aromatic rings. The Balaban J connectivity index is 3.90. The van der Waals surface area contributed by atoms with Crippen molar-refractivity contribution in [2.75, 3.05) is 13.6 Å². The Labute approximate surface area is 94.2 Å². The second-order valence-corrected chi connectivity index (χ2v) is 4.60. The lowest BCUT2D eigenvalue weighted by molar-refractivity contribution is 0.224. The van der Waals surface area contributed by atoms with Crippen molar-refractivity contribution < 1.29 is 0 Å². The predicted octanol–water partition coefficient (Wildman–Crippen LogP) is 1.98. The molecule has 0 bridgehead atoms. The van der Waals surface area contributed by atoms with Crippen molar-refractivity contribution in [2.24, 2.45) is 11.7 Å². The third-order valence-electron chi connectivity index (χ3n) is 3.09. The van der Waals surface area contributed by atoms with Crippen molar-refractivity contribution in [3.8, 4) is 6.07 Å². The van der Waals surface area contributed by atoms with Crippen LogP contribution in [0.25, 0.3) is 0 Å². The first-order chi connectivity index (χ1) is 7.02. The molecule has 88 valence electrons. The van der Waals surface area contributed by atoms with Gasteiger partial charge in [0.2, 0.25) is 0 Å².